The Labute approximate surface area is 151 Å². The SMILES string of the molecule is CCOc1ccc(C(=O)CSCC(=O)Nc2ccccc2OC)cc1. The summed E-state index contributed by atoms with van der Waals surface area (Å²) in [6, 6.07) is 14.2. The van der Waals surface area contributed by atoms with E-state index < -0.39 is 0 Å². The summed E-state index contributed by atoms with van der Waals surface area (Å²) in [6.07, 6.45) is 0. The molecule has 25 heavy (non-hydrogen) atoms. The summed E-state index contributed by atoms with van der Waals surface area (Å²) in [5.74, 6) is 1.59. The van der Waals surface area contributed by atoms with E-state index in [0.29, 0.717) is 23.6 Å². The van der Waals surface area contributed by atoms with Gasteiger partial charge in [-0.2, -0.15) is 0 Å². The van der Waals surface area contributed by atoms with Gasteiger partial charge in [0.05, 0.1) is 30.9 Å². The fourth-order valence-corrected chi connectivity index (χ4v) is 2.87. The van der Waals surface area contributed by atoms with Crippen LogP contribution in [0.4, 0.5) is 5.69 Å². The monoisotopic (exact) mass is 359 g/mol. The zero-order valence-electron chi connectivity index (χ0n) is 14.3. The highest BCUT2D eigenvalue weighted by Gasteiger charge is 2.10. The molecule has 0 bridgehead atoms. The Balaban J connectivity index is 1.79. The number of ketones is 1. The summed E-state index contributed by atoms with van der Waals surface area (Å²) in [5.41, 5.74) is 1.23. The first-order valence-electron chi connectivity index (χ1n) is 7.90. The fraction of sp³-hybridized carbons (Fsp3) is 0.263. The number of rotatable bonds is 9. The number of para-hydroxylation sites is 2. The summed E-state index contributed by atoms with van der Waals surface area (Å²) in [6.45, 7) is 2.50. The van der Waals surface area contributed by atoms with E-state index in [-0.39, 0.29) is 23.2 Å². The number of carbonyl (C=O) groups excluding carboxylic acids is 2. The van der Waals surface area contributed by atoms with Gasteiger partial charge >= 0.3 is 0 Å². The largest absolute Gasteiger partial charge is 0.495 e. The number of carbonyl (C=O) groups is 2. The molecule has 0 spiro atoms. The van der Waals surface area contributed by atoms with E-state index in [2.05, 4.69) is 5.32 Å². The van der Waals surface area contributed by atoms with Gasteiger partial charge in [-0.25, -0.2) is 0 Å². The maximum absolute atomic E-state index is 12.1. The molecule has 0 aliphatic carbocycles. The lowest BCUT2D eigenvalue weighted by Gasteiger charge is -2.09. The quantitative estimate of drug-likeness (QED) is 0.693. The number of benzene rings is 2. The second-order valence-corrected chi connectivity index (χ2v) is 6.11. The van der Waals surface area contributed by atoms with Gasteiger partial charge in [0.15, 0.2) is 5.78 Å². The van der Waals surface area contributed by atoms with Crippen molar-refractivity contribution in [1.82, 2.24) is 0 Å². The summed E-state index contributed by atoms with van der Waals surface area (Å²) < 4.78 is 10.5. The topological polar surface area (TPSA) is 64.6 Å². The van der Waals surface area contributed by atoms with Crippen molar-refractivity contribution in [2.24, 2.45) is 0 Å². The zero-order valence-corrected chi connectivity index (χ0v) is 15.1. The summed E-state index contributed by atoms with van der Waals surface area (Å²) >= 11 is 1.28. The van der Waals surface area contributed by atoms with Crippen molar-refractivity contribution in [2.75, 3.05) is 30.5 Å². The molecule has 0 aliphatic rings. The predicted molar refractivity (Wildman–Crippen MR) is 101 cm³/mol. The minimum Gasteiger partial charge on any atom is -0.495 e. The third-order valence-electron chi connectivity index (χ3n) is 3.33. The van der Waals surface area contributed by atoms with Crippen LogP contribution < -0.4 is 14.8 Å². The molecule has 2 aromatic rings. The molecule has 1 N–H and O–H groups in total. The van der Waals surface area contributed by atoms with E-state index in [0.717, 1.165) is 5.75 Å². The van der Waals surface area contributed by atoms with Gasteiger partial charge in [-0.15, -0.1) is 11.8 Å². The molecule has 0 saturated carbocycles. The van der Waals surface area contributed by atoms with Crippen molar-refractivity contribution < 1.29 is 19.1 Å². The maximum atomic E-state index is 12.1. The third kappa shape index (κ3) is 5.83. The third-order valence-corrected chi connectivity index (χ3v) is 4.27. The Morgan fingerprint density at radius 3 is 2.44 bits per heavy atom. The smallest absolute Gasteiger partial charge is 0.234 e. The summed E-state index contributed by atoms with van der Waals surface area (Å²) in [4.78, 5) is 24.1. The van der Waals surface area contributed by atoms with Crippen LogP contribution in [0.2, 0.25) is 0 Å². The molecular formula is C19H21NO4S. The van der Waals surface area contributed by atoms with Crippen molar-refractivity contribution in [1.29, 1.82) is 0 Å². The zero-order chi connectivity index (χ0) is 18.1. The minimum absolute atomic E-state index is 0.0156. The van der Waals surface area contributed by atoms with Crippen LogP contribution in [0.25, 0.3) is 0 Å². The Bertz CT molecular complexity index is 716. The number of thioether (sulfide) groups is 1. The van der Waals surface area contributed by atoms with Crippen molar-refractivity contribution in [3.05, 3.63) is 54.1 Å². The first kappa shape index (κ1) is 18.9. The Morgan fingerprint density at radius 2 is 1.76 bits per heavy atom. The molecule has 0 atom stereocenters. The fourth-order valence-electron chi connectivity index (χ4n) is 2.16. The van der Waals surface area contributed by atoms with Crippen LogP contribution in [0.15, 0.2) is 48.5 Å². The predicted octanol–water partition coefficient (Wildman–Crippen LogP) is 3.65. The number of anilines is 1. The lowest BCUT2D eigenvalue weighted by molar-refractivity contribution is -0.113. The van der Waals surface area contributed by atoms with E-state index in [1.165, 1.54) is 11.8 Å². The molecule has 0 fully saturated rings. The van der Waals surface area contributed by atoms with Crippen LogP contribution in [0.3, 0.4) is 0 Å². The lowest BCUT2D eigenvalue weighted by Crippen LogP contribution is -2.16. The molecule has 0 aliphatic heterocycles. The van der Waals surface area contributed by atoms with Crippen LogP contribution in [0.5, 0.6) is 11.5 Å². The van der Waals surface area contributed by atoms with Crippen LogP contribution in [-0.4, -0.2) is 36.9 Å². The average Bonchev–Trinajstić information content (AvgIpc) is 2.63. The van der Waals surface area contributed by atoms with E-state index >= 15 is 0 Å². The molecule has 6 heteroatoms. The number of Topliss-reactive ketones (excluding diaryl/α,β-unsaturated/α-hetero) is 1. The normalized spacial score (nSPS) is 10.2. The molecule has 0 aromatic heterocycles. The number of nitrogens with one attached hydrogen (secondary N) is 1. The number of hydrogen-bond donors (Lipinski definition) is 1. The van der Waals surface area contributed by atoms with Gasteiger partial charge in [-0.3, -0.25) is 9.59 Å². The Kier molecular flexibility index (Phi) is 7.35. The highest BCUT2D eigenvalue weighted by molar-refractivity contribution is 8.00. The maximum Gasteiger partial charge on any atom is 0.234 e. The molecule has 1 amide bonds. The highest BCUT2D eigenvalue weighted by Crippen LogP contribution is 2.23. The van der Waals surface area contributed by atoms with Crippen molar-refractivity contribution >= 4 is 29.1 Å². The van der Waals surface area contributed by atoms with Gasteiger partial charge < -0.3 is 14.8 Å². The average molecular weight is 359 g/mol. The van der Waals surface area contributed by atoms with Crippen LogP contribution in [0.1, 0.15) is 17.3 Å². The number of methoxy groups -OCH3 is 1. The molecule has 0 heterocycles. The van der Waals surface area contributed by atoms with Crippen LogP contribution >= 0.6 is 11.8 Å². The van der Waals surface area contributed by atoms with Crippen molar-refractivity contribution in [3.63, 3.8) is 0 Å². The number of ether oxygens (including phenoxy) is 2. The van der Waals surface area contributed by atoms with Crippen LogP contribution in [-0.2, 0) is 4.79 Å². The van der Waals surface area contributed by atoms with Crippen molar-refractivity contribution in [3.8, 4) is 11.5 Å². The standard InChI is InChI=1S/C19H21NO4S/c1-3-24-15-10-8-14(9-11-15)17(21)12-25-13-19(22)20-16-6-4-5-7-18(16)23-2/h4-11H,3,12-13H2,1-2H3,(H,20,22). The second kappa shape index (κ2) is 9.74. The molecule has 5 nitrogen and oxygen atoms in total. The minimum atomic E-state index is -0.172. The number of amides is 1. The van der Waals surface area contributed by atoms with E-state index in [9.17, 15) is 9.59 Å². The summed E-state index contributed by atoms with van der Waals surface area (Å²) in [7, 11) is 1.55. The Hall–Kier alpha value is -2.47. The van der Waals surface area contributed by atoms with Crippen molar-refractivity contribution in [2.45, 2.75) is 6.92 Å². The first-order chi connectivity index (χ1) is 12.1. The molecule has 2 rings (SSSR count). The van der Waals surface area contributed by atoms with E-state index in [4.69, 9.17) is 9.47 Å². The van der Waals surface area contributed by atoms with Crippen LogP contribution in [0, 0.1) is 0 Å². The van der Waals surface area contributed by atoms with Gasteiger partial charge in [0.2, 0.25) is 5.91 Å². The lowest BCUT2D eigenvalue weighted by atomic mass is 10.1. The molecular weight excluding hydrogens is 338 g/mol. The van der Waals surface area contributed by atoms with E-state index in [1.807, 2.05) is 19.1 Å². The number of hydrogen-bond acceptors (Lipinski definition) is 5. The van der Waals surface area contributed by atoms with Gasteiger partial charge in [0.25, 0.3) is 0 Å². The molecule has 2 aromatic carbocycles. The summed E-state index contributed by atoms with van der Waals surface area (Å²) in [5, 5.41) is 2.78. The van der Waals surface area contributed by atoms with Gasteiger partial charge in [0, 0.05) is 5.56 Å². The molecule has 0 radical (unpaired) electrons. The van der Waals surface area contributed by atoms with Gasteiger partial charge in [0.1, 0.15) is 11.5 Å². The van der Waals surface area contributed by atoms with Gasteiger partial charge in [-0.05, 0) is 43.3 Å². The van der Waals surface area contributed by atoms with E-state index in [1.54, 1.807) is 43.5 Å². The molecule has 0 unspecified atom stereocenters. The van der Waals surface area contributed by atoms with Gasteiger partial charge in [-0.1, -0.05) is 12.1 Å². The molecule has 132 valence electrons. The second-order valence-electron chi connectivity index (χ2n) is 5.12. The Morgan fingerprint density at radius 1 is 1.04 bits per heavy atom. The molecule has 0 saturated heterocycles. The highest BCUT2D eigenvalue weighted by atomic mass is 32.2. The first-order valence-corrected chi connectivity index (χ1v) is 9.06.